The highest BCUT2D eigenvalue weighted by atomic mass is 16.5. The molecule has 0 saturated carbocycles. The van der Waals surface area contributed by atoms with Crippen LogP contribution in [0, 0.1) is 5.41 Å². The molecule has 0 radical (unpaired) electrons. The first-order valence-electron chi connectivity index (χ1n) is 6.87. The van der Waals surface area contributed by atoms with Gasteiger partial charge in [0.2, 0.25) is 5.90 Å². The number of benzene rings is 2. The number of ether oxygens (including phenoxy) is 2. The van der Waals surface area contributed by atoms with E-state index in [9.17, 15) is 5.11 Å². The van der Waals surface area contributed by atoms with Gasteiger partial charge in [0, 0.05) is 5.56 Å². The van der Waals surface area contributed by atoms with Crippen LogP contribution < -0.4 is 4.74 Å². The third-order valence-electron chi connectivity index (χ3n) is 3.00. The molecule has 4 heteroatoms. The predicted molar refractivity (Wildman–Crippen MR) is 81.5 cm³/mol. The lowest BCUT2D eigenvalue weighted by molar-refractivity contribution is 0.184. The highest BCUT2D eigenvalue weighted by molar-refractivity contribution is 5.79. The minimum absolute atomic E-state index is 0.173. The minimum Gasteiger partial charge on any atom is -0.489 e. The van der Waals surface area contributed by atoms with Gasteiger partial charge in [-0.3, -0.25) is 5.41 Å². The molecule has 1 atom stereocenters. The van der Waals surface area contributed by atoms with Crippen LogP contribution in [0.2, 0.25) is 0 Å². The van der Waals surface area contributed by atoms with Crippen LogP contribution >= 0.6 is 0 Å². The Kier molecular flexibility index (Phi) is 5.35. The van der Waals surface area contributed by atoms with Gasteiger partial charge in [-0.2, -0.15) is 0 Å². The molecule has 2 aromatic rings. The Hall–Kier alpha value is -2.33. The summed E-state index contributed by atoms with van der Waals surface area (Å²) in [7, 11) is 0. The molecule has 0 aliphatic carbocycles. The van der Waals surface area contributed by atoms with Gasteiger partial charge in [0.05, 0.1) is 6.61 Å². The lowest BCUT2D eigenvalue weighted by Crippen LogP contribution is -2.15. The van der Waals surface area contributed by atoms with Gasteiger partial charge in [-0.1, -0.05) is 48.5 Å². The fourth-order valence-corrected chi connectivity index (χ4v) is 1.95. The van der Waals surface area contributed by atoms with Crippen molar-refractivity contribution in [2.24, 2.45) is 0 Å². The Morgan fingerprint density at radius 3 is 2.48 bits per heavy atom. The van der Waals surface area contributed by atoms with Gasteiger partial charge in [0.1, 0.15) is 12.4 Å². The number of aliphatic hydroxyl groups excluding tert-OH is 1. The molecule has 0 amide bonds. The van der Waals surface area contributed by atoms with E-state index in [1.165, 1.54) is 0 Å². The highest BCUT2D eigenvalue weighted by Crippen LogP contribution is 2.26. The predicted octanol–water partition coefficient (Wildman–Crippen LogP) is 3.31. The molecule has 0 aliphatic heterocycles. The van der Waals surface area contributed by atoms with E-state index in [2.05, 4.69) is 0 Å². The second-order valence-corrected chi connectivity index (χ2v) is 4.51. The smallest absolute Gasteiger partial charge is 0.215 e. The molecule has 21 heavy (non-hydrogen) atoms. The summed E-state index contributed by atoms with van der Waals surface area (Å²) in [5.74, 6) is 0.381. The Labute approximate surface area is 124 Å². The monoisotopic (exact) mass is 285 g/mol. The molecular formula is C17H19NO3. The lowest BCUT2D eigenvalue weighted by atomic mass is 10.1. The van der Waals surface area contributed by atoms with Crippen molar-refractivity contribution in [1.82, 2.24) is 0 Å². The number of aliphatic hydroxyl groups is 1. The maximum Gasteiger partial charge on any atom is 0.215 e. The number of hydrogen-bond acceptors (Lipinski definition) is 4. The van der Waals surface area contributed by atoms with Gasteiger partial charge in [0.25, 0.3) is 0 Å². The van der Waals surface area contributed by atoms with E-state index in [-0.39, 0.29) is 5.90 Å². The van der Waals surface area contributed by atoms with E-state index in [0.29, 0.717) is 24.5 Å². The number of hydrogen-bond donors (Lipinski definition) is 2. The summed E-state index contributed by atoms with van der Waals surface area (Å²) >= 11 is 0. The van der Waals surface area contributed by atoms with E-state index in [1.807, 2.05) is 36.4 Å². The van der Waals surface area contributed by atoms with E-state index < -0.39 is 6.10 Å². The van der Waals surface area contributed by atoms with Crippen LogP contribution in [-0.2, 0) is 11.3 Å². The molecule has 2 N–H and O–H groups in total. The molecule has 0 heterocycles. The van der Waals surface area contributed by atoms with E-state index in [1.54, 1.807) is 25.1 Å². The third kappa shape index (κ3) is 4.07. The summed E-state index contributed by atoms with van der Waals surface area (Å²) in [5.41, 5.74) is 1.58. The molecule has 2 aromatic carbocycles. The summed E-state index contributed by atoms with van der Waals surface area (Å²) in [6.07, 6.45) is -1.11. The second kappa shape index (κ2) is 7.45. The zero-order valence-corrected chi connectivity index (χ0v) is 12.0. The van der Waals surface area contributed by atoms with Crippen molar-refractivity contribution in [3.63, 3.8) is 0 Å². The fraction of sp³-hybridized carbons (Fsp3) is 0.235. The van der Waals surface area contributed by atoms with Crippen molar-refractivity contribution in [2.75, 3.05) is 6.61 Å². The topological polar surface area (TPSA) is 62.5 Å². The average Bonchev–Trinajstić information content (AvgIpc) is 2.54. The van der Waals surface area contributed by atoms with Crippen molar-refractivity contribution >= 4 is 5.90 Å². The normalized spacial score (nSPS) is 11.7. The van der Waals surface area contributed by atoms with Crippen LogP contribution in [0.4, 0.5) is 0 Å². The first kappa shape index (κ1) is 15.1. The molecule has 0 spiro atoms. The zero-order chi connectivity index (χ0) is 15.1. The Balaban J connectivity index is 2.11. The SMILES string of the molecule is CCOC(=N)C(O)c1ccccc1OCc1ccccc1. The van der Waals surface area contributed by atoms with Gasteiger partial charge in [-0.25, -0.2) is 0 Å². The third-order valence-corrected chi connectivity index (χ3v) is 3.00. The van der Waals surface area contributed by atoms with E-state index >= 15 is 0 Å². The van der Waals surface area contributed by atoms with Gasteiger partial charge >= 0.3 is 0 Å². The van der Waals surface area contributed by atoms with Crippen molar-refractivity contribution < 1.29 is 14.6 Å². The average molecular weight is 285 g/mol. The standard InChI is InChI=1S/C17H19NO3/c1-2-20-17(18)16(19)14-10-6-7-11-15(14)21-12-13-8-4-3-5-9-13/h3-11,16,18-19H,2,12H2,1H3. The molecule has 0 bridgehead atoms. The van der Waals surface area contributed by atoms with Gasteiger partial charge < -0.3 is 14.6 Å². The Morgan fingerprint density at radius 1 is 1.10 bits per heavy atom. The maximum atomic E-state index is 10.2. The van der Waals surface area contributed by atoms with Crippen LogP contribution in [0.25, 0.3) is 0 Å². The van der Waals surface area contributed by atoms with Crippen LogP contribution in [-0.4, -0.2) is 17.6 Å². The van der Waals surface area contributed by atoms with E-state index in [0.717, 1.165) is 5.56 Å². The van der Waals surface area contributed by atoms with E-state index in [4.69, 9.17) is 14.9 Å². The summed E-state index contributed by atoms with van der Waals surface area (Å²) in [4.78, 5) is 0. The van der Waals surface area contributed by atoms with Crippen molar-refractivity contribution in [3.8, 4) is 5.75 Å². The van der Waals surface area contributed by atoms with Crippen LogP contribution in [0.15, 0.2) is 54.6 Å². The first-order valence-corrected chi connectivity index (χ1v) is 6.87. The molecule has 2 rings (SSSR count). The lowest BCUT2D eigenvalue weighted by Gasteiger charge is -2.17. The molecule has 4 nitrogen and oxygen atoms in total. The van der Waals surface area contributed by atoms with Crippen molar-refractivity contribution in [3.05, 3.63) is 65.7 Å². The first-order chi connectivity index (χ1) is 10.2. The number of rotatable bonds is 6. The Bertz CT molecular complexity index is 584. The van der Waals surface area contributed by atoms with Gasteiger partial charge in [0.15, 0.2) is 6.10 Å². The van der Waals surface area contributed by atoms with Crippen molar-refractivity contribution in [2.45, 2.75) is 19.6 Å². The van der Waals surface area contributed by atoms with Gasteiger partial charge in [-0.15, -0.1) is 0 Å². The highest BCUT2D eigenvalue weighted by Gasteiger charge is 2.19. The van der Waals surface area contributed by atoms with Gasteiger partial charge in [-0.05, 0) is 18.6 Å². The molecule has 0 saturated heterocycles. The van der Waals surface area contributed by atoms with Crippen LogP contribution in [0.5, 0.6) is 5.75 Å². The Morgan fingerprint density at radius 2 is 1.76 bits per heavy atom. The van der Waals surface area contributed by atoms with Crippen LogP contribution in [0.3, 0.4) is 0 Å². The van der Waals surface area contributed by atoms with Crippen molar-refractivity contribution in [1.29, 1.82) is 5.41 Å². The summed E-state index contributed by atoms with van der Waals surface area (Å²) in [5, 5.41) is 17.9. The zero-order valence-electron chi connectivity index (χ0n) is 12.0. The molecule has 0 aromatic heterocycles. The van der Waals surface area contributed by atoms with Crippen LogP contribution in [0.1, 0.15) is 24.2 Å². The largest absolute Gasteiger partial charge is 0.489 e. The number of para-hydroxylation sites is 1. The molecule has 110 valence electrons. The quantitative estimate of drug-likeness (QED) is 0.632. The summed E-state index contributed by atoms with van der Waals surface area (Å²) < 4.78 is 10.8. The fourth-order valence-electron chi connectivity index (χ4n) is 1.95. The molecule has 0 fully saturated rings. The number of nitrogens with one attached hydrogen (secondary N) is 1. The minimum atomic E-state index is -1.11. The summed E-state index contributed by atoms with van der Waals surface area (Å²) in [6.45, 7) is 2.54. The summed E-state index contributed by atoms with van der Waals surface area (Å²) in [6, 6.07) is 16.9. The molecular weight excluding hydrogens is 266 g/mol. The molecule has 0 aliphatic rings. The molecule has 1 unspecified atom stereocenters. The maximum absolute atomic E-state index is 10.2. The second-order valence-electron chi connectivity index (χ2n) is 4.51.